The van der Waals surface area contributed by atoms with Crippen LogP contribution in [0.1, 0.15) is 0 Å². The Bertz CT molecular complexity index is 2480. The van der Waals surface area contributed by atoms with E-state index in [0.717, 1.165) is 0 Å². The van der Waals surface area contributed by atoms with Crippen LogP contribution in [0.25, 0.3) is 33.4 Å². The minimum absolute atomic E-state index is 0. The van der Waals surface area contributed by atoms with Crippen LogP contribution in [-0.2, 0) is 0 Å². The maximum Gasteiger partial charge on any atom is 0.200 e. The number of hydrogen-bond donors (Lipinski definition) is 0. The largest absolute Gasteiger partial charge is 0.204 e. The molecule has 0 amide bonds. The highest BCUT2D eigenvalue weighted by Gasteiger charge is 2.34. The summed E-state index contributed by atoms with van der Waals surface area (Å²) in [6, 6.07) is -0.649. The average Bonchev–Trinajstić information content (AvgIpc) is 3.25. The van der Waals surface area contributed by atoms with Gasteiger partial charge in [0.15, 0.2) is 140 Å². The van der Waals surface area contributed by atoms with Gasteiger partial charge in [-0.25, -0.2) is 119 Å². The van der Waals surface area contributed by atoms with Gasteiger partial charge in [0.05, 0.1) is 16.7 Å². The topological polar surface area (TPSA) is 0 Å². The van der Waals surface area contributed by atoms with Crippen LogP contribution < -0.4 is 0 Å². The Kier molecular flexibility index (Phi) is 15.8. The number of hydrogen-bond acceptors (Lipinski definition) is 0. The fourth-order valence-electron chi connectivity index (χ4n) is 4.79. The summed E-state index contributed by atoms with van der Waals surface area (Å²) < 4.78 is 353. The summed E-state index contributed by atoms with van der Waals surface area (Å²) in [5, 5.41) is 0. The van der Waals surface area contributed by atoms with E-state index in [2.05, 4.69) is 0 Å². The van der Waals surface area contributed by atoms with Crippen molar-refractivity contribution in [2.75, 3.05) is 0 Å². The zero-order valence-electron chi connectivity index (χ0n) is 29.0. The summed E-state index contributed by atoms with van der Waals surface area (Å²) in [5.74, 6) is -64.5. The first-order valence-corrected chi connectivity index (χ1v) is 15.1. The summed E-state index contributed by atoms with van der Waals surface area (Å²) in [4.78, 5) is 0. The molecule has 0 aliphatic rings. The summed E-state index contributed by atoms with van der Waals surface area (Å²) in [5.41, 5.74) is -10.6. The maximum absolute atomic E-state index is 13.4. The highest BCUT2D eigenvalue weighted by Crippen LogP contribution is 2.38. The molecule has 0 unspecified atom stereocenters. The molecule has 3 radical (unpaired) electrons. The number of benzene rings is 6. The van der Waals surface area contributed by atoms with Crippen molar-refractivity contribution in [1.29, 1.82) is 0 Å². The molecule has 6 aromatic carbocycles. The molecule has 0 aromatic heterocycles. The van der Waals surface area contributed by atoms with E-state index >= 15 is 0 Å². The van der Waals surface area contributed by atoms with Crippen LogP contribution in [0, 0.1) is 157 Å². The first kappa shape index (κ1) is 52.3. The quantitative estimate of drug-likeness (QED) is 0.0717. The van der Waals surface area contributed by atoms with E-state index in [0.29, 0.717) is 0 Å². The zero-order valence-corrected chi connectivity index (χ0v) is 30.2. The van der Waals surface area contributed by atoms with Gasteiger partial charge in [-0.1, -0.05) is 0 Å². The van der Waals surface area contributed by atoms with Gasteiger partial charge in [0, 0.05) is 34.1 Å². The van der Waals surface area contributed by atoms with Gasteiger partial charge in [-0.15, -0.1) is 0 Å². The predicted octanol–water partition coefficient (Wildman–Crippen LogP) is 13.4. The minimum atomic E-state index is -2.53. The predicted molar refractivity (Wildman–Crippen MR) is 160 cm³/mol. The van der Waals surface area contributed by atoms with Gasteiger partial charge in [-0.2, -0.15) is 0 Å². The third-order valence-corrected chi connectivity index (χ3v) is 7.75. The van der Waals surface area contributed by atoms with E-state index in [9.17, 15) is 119 Å². The Hall–Kier alpha value is -6.04. The fourth-order valence-corrected chi connectivity index (χ4v) is 4.79. The SMILES string of the molecule is Fc1cc(-c2c(F)c(F)c(F)c(F)c2F)c(F)c(F)c1F.Fc1cc(-c2c(F)c(F)c(F)c(F)c2F)c(F)c(F)c1F.Fc1cc(-c2c(F)c(F)c(F)c(F)c2F)c(F)c(F)c1F.[Al]. The van der Waals surface area contributed by atoms with Crippen LogP contribution in [0.15, 0.2) is 18.2 Å². The maximum atomic E-state index is 13.4. The molecule has 0 heterocycles. The van der Waals surface area contributed by atoms with E-state index in [4.69, 9.17) is 0 Å². The molecule has 0 aliphatic carbocycles. The van der Waals surface area contributed by atoms with Crippen LogP contribution in [0.4, 0.5) is 119 Å². The van der Waals surface area contributed by atoms with Crippen molar-refractivity contribution >= 4 is 17.4 Å². The van der Waals surface area contributed by atoms with E-state index in [-0.39, 0.29) is 35.6 Å². The molecule has 64 heavy (non-hydrogen) atoms. The van der Waals surface area contributed by atoms with Gasteiger partial charge < -0.3 is 0 Å². The molecule has 0 aliphatic heterocycles. The molecule has 339 valence electrons. The Morgan fingerprint density at radius 2 is 0.281 bits per heavy atom. The lowest BCUT2D eigenvalue weighted by Crippen LogP contribution is -2.07. The first-order chi connectivity index (χ1) is 29.0. The highest BCUT2D eigenvalue weighted by atomic mass is 27.0. The van der Waals surface area contributed by atoms with Crippen molar-refractivity contribution in [2.45, 2.75) is 0 Å². The molecular weight excluding hydrogens is 972 g/mol. The Balaban J connectivity index is 0.000000253. The van der Waals surface area contributed by atoms with Gasteiger partial charge in [0.2, 0.25) is 17.5 Å². The zero-order chi connectivity index (χ0) is 48.2. The molecule has 0 N–H and O–H groups in total. The van der Waals surface area contributed by atoms with Crippen LogP contribution >= 0.6 is 0 Å². The van der Waals surface area contributed by atoms with E-state index in [1.54, 1.807) is 0 Å². The third kappa shape index (κ3) is 8.88. The second kappa shape index (κ2) is 19.4. The molecule has 0 spiro atoms. The summed E-state index contributed by atoms with van der Waals surface area (Å²) >= 11 is 0. The Labute approximate surface area is 344 Å². The summed E-state index contributed by atoms with van der Waals surface area (Å²) in [6.07, 6.45) is 0. The molecule has 0 atom stereocenters. The number of rotatable bonds is 3. The molecule has 0 fully saturated rings. The van der Waals surface area contributed by atoms with Crippen molar-refractivity contribution in [3.8, 4) is 33.4 Å². The average molecular weight is 975 g/mol. The van der Waals surface area contributed by atoms with Crippen molar-refractivity contribution in [3.05, 3.63) is 175 Å². The van der Waals surface area contributed by atoms with Crippen LogP contribution in [-0.4, -0.2) is 17.4 Å². The van der Waals surface area contributed by atoms with Gasteiger partial charge in [0.1, 0.15) is 0 Å². The van der Waals surface area contributed by atoms with Crippen molar-refractivity contribution < 1.29 is 119 Å². The van der Waals surface area contributed by atoms with Crippen molar-refractivity contribution in [2.24, 2.45) is 0 Å². The summed E-state index contributed by atoms with van der Waals surface area (Å²) in [7, 11) is 0. The van der Waals surface area contributed by atoms with Crippen LogP contribution in [0.3, 0.4) is 0 Å². The van der Waals surface area contributed by atoms with E-state index in [1.165, 1.54) is 0 Å². The molecule has 0 bridgehead atoms. The number of halogens is 27. The van der Waals surface area contributed by atoms with Gasteiger partial charge in [-0.3, -0.25) is 0 Å². The summed E-state index contributed by atoms with van der Waals surface area (Å²) in [6.45, 7) is 0. The van der Waals surface area contributed by atoms with Gasteiger partial charge in [0.25, 0.3) is 0 Å². The first-order valence-electron chi connectivity index (χ1n) is 15.1. The van der Waals surface area contributed by atoms with E-state index < -0.39 is 190 Å². The van der Waals surface area contributed by atoms with Gasteiger partial charge >= 0.3 is 0 Å². The monoisotopic (exact) mass is 975 g/mol. The van der Waals surface area contributed by atoms with Crippen molar-refractivity contribution in [3.63, 3.8) is 0 Å². The van der Waals surface area contributed by atoms with E-state index in [1.807, 2.05) is 0 Å². The van der Waals surface area contributed by atoms with Gasteiger partial charge in [-0.05, 0) is 18.2 Å². The highest BCUT2D eigenvalue weighted by molar-refractivity contribution is 5.75. The lowest BCUT2D eigenvalue weighted by atomic mass is 10.0. The standard InChI is InChI=1S/3C12HF9.Al/c3*13-3-1-2(5(14)9(18)6(3)15)4-7(16)10(19)12(21)11(20)8(4)17;/h3*1H;. The molecule has 0 saturated heterocycles. The Morgan fingerprint density at radius 1 is 0.156 bits per heavy atom. The second-order valence-electron chi connectivity index (χ2n) is 11.4. The Morgan fingerprint density at radius 3 is 0.438 bits per heavy atom. The molecular formula is C36H3AlF27. The third-order valence-electron chi connectivity index (χ3n) is 7.75. The molecule has 28 heteroatoms. The molecule has 0 saturated carbocycles. The molecule has 0 nitrogen and oxygen atoms in total. The lowest BCUT2D eigenvalue weighted by Gasteiger charge is -2.10. The normalized spacial score (nSPS) is 10.9. The molecule has 6 rings (SSSR count). The minimum Gasteiger partial charge on any atom is -0.204 e. The van der Waals surface area contributed by atoms with Crippen LogP contribution in [0.2, 0.25) is 0 Å². The molecule has 6 aromatic rings. The second-order valence-corrected chi connectivity index (χ2v) is 11.4. The fraction of sp³-hybridized carbons (Fsp3) is 0. The van der Waals surface area contributed by atoms with Crippen LogP contribution in [0.5, 0.6) is 0 Å². The lowest BCUT2D eigenvalue weighted by molar-refractivity contribution is 0.379. The smallest absolute Gasteiger partial charge is 0.200 e. The van der Waals surface area contributed by atoms with Crippen molar-refractivity contribution in [1.82, 2.24) is 0 Å².